The van der Waals surface area contributed by atoms with Gasteiger partial charge in [-0.3, -0.25) is 9.59 Å². The average molecular weight is 468 g/mol. The lowest BCUT2D eigenvalue weighted by Gasteiger charge is -2.29. The van der Waals surface area contributed by atoms with E-state index < -0.39 is 6.10 Å². The summed E-state index contributed by atoms with van der Waals surface area (Å²) in [6, 6.07) is 5.19. The van der Waals surface area contributed by atoms with Gasteiger partial charge in [-0.25, -0.2) is 0 Å². The van der Waals surface area contributed by atoms with E-state index in [-0.39, 0.29) is 11.8 Å². The summed E-state index contributed by atoms with van der Waals surface area (Å²) in [6.45, 7) is 4.66. The Bertz CT molecular complexity index is 796. The fourth-order valence-corrected chi connectivity index (χ4v) is 4.36. The molecule has 1 aromatic carbocycles. The molecule has 0 radical (unpaired) electrons. The lowest BCUT2D eigenvalue weighted by atomic mass is 10.1. The van der Waals surface area contributed by atoms with Gasteiger partial charge in [0.1, 0.15) is 0 Å². The van der Waals surface area contributed by atoms with Crippen LogP contribution in [0.15, 0.2) is 24.3 Å². The number of carbonyl (C=O) groups is 2. The summed E-state index contributed by atoms with van der Waals surface area (Å²) in [6.07, 6.45) is 7.30. The Kier molecular flexibility index (Phi) is 9.20. The van der Waals surface area contributed by atoms with Crippen molar-refractivity contribution >= 4 is 41.1 Å². The molecule has 0 bridgehead atoms. The standard InChI is InChI=1S/C23H31Cl2N3O3/c24-20-6-4-18(16-21(20)25)5-7-22(30)28-13-9-23(31)27(14-15-28)12-8-19(29)17-26-10-2-1-3-11-26/h4-7,16,19,29H,1-3,8-15,17H2/b7-5+/t19-/m0/s1. The minimum atomic E-state index is -0.430. The van der Waals surface area contributed by atoms with Gasteiger partial charge in [-0.15, -0.1) is 0 Å². The molecule has 2 heterocycles. The van der Waals surface area contributed by atoms with E-state index in [0.29, 0.717) is 55.6 Å². The second-order valence-electron chi connectivity index (χ2n) is 8.27. The van der Waals surface area contributed by atoms with Gasteiger partial charge in [-0.2, -0.15) is 0 Å². The molecule has 8 heteroatoms. The molecule has 0 unspecified atom stereocenters. The Hall–Kier alpha value is -1.60. The molecule has 2 saturated heterocycles. The zero-order valence-corrected chi connectivity index (χ0v) is 19.3. The van der Waals surface area contributed by atoms with Crippen LogP contribution >= 0.6 is 23.2 Å². The SMILES string of the molecule is O=C(/C=C/c1ccc(Cl)c(Cl)c1)N1CCC(=O)N(CC[C@H](O)CN2CCCCC2)CC1. The first-order chi connectivity index (χ1) is 14.9. The molecule has 0 aromatic heterocycles. The molecule has 6 nitrogen and oxygen atoms in total. The molecule has 170 valence electrons. The molecule has 3 rings (SSSR count). The Balaban J connectivity index is 1.46. The first-order valence-corrected chi connectivity index (χ1v) is 11.8. The van der Waals surface area contributed by atoms with Gasteiger partial charge < -0.3 is 19.8 Å². The maximum absolute atomic E-state index is 12.6. The van der Waals surface area contributed by atoms with Gasteiger partial charge >= 0.3 is 0 Å². The van der Waals surface area contributed by atoms with E-state index in [9.17, 15) is 14.7 Å². The summed E-state index contributed by atoms with van der Waals surface area (Å²) >= 11 is 11.9. The third kappa shape index (κ3) is 7.49. The van der Waals surface area contributed by atoms with Crippen LogP contribution < -0.4 is 0 Å². The Morgan fingerprint density at radius 2 is 1.84 bits per heavy atom. The van der Waals surface area contributed by atoms with Crippen molar-refractivity contribution in [2.75, 3.05) is 45.8 Å². The van der Waals surface area contributed by atoms with Crippen LogP contribution in [-0.2, 0) is 9.59 Å². The summed E-state index contributed by atoms with van der Waals surface area (Å²) in [4.78, 5) is 30.8. The molecule has 0 spiro atoms. The molecular weight excluding hydrogens is 437 g/mol. The van der Waals surface area contributed by atoms with Crippen molar-refractivity contribution in [3.63, 3.8) is 0 Å². The summed E-state index contributed by atoms with van der Waals surface area (Å²) in [5.74, 6) is -0.0974. The van der Waals surface area contributed by atoms with Gasteiger partial charge in [0.2, 0.25) is 11.8 Å². The smallest absolute Gasteiger partial charge is 0.246 e. The van der Waals surface area contributed by atoms with Crippen LogP contribution in [0.2, 0.25) is 10.0 Å². The summed E-state index contributed by atoms with van der Waals surface area (Å²) in [5.41, 5.74) is 0.790. The fourth-order valence-electron chi connectivity index (χ4n) is 4.05. The van der Waals surface area contributed by atoms with Gasteiger partial charge in [0.05, 0.1) is 16.1 Å². The predicted molar refractivity (Wildman–Crippen MR) is 124 cm³/mol. The van der Waals surface area contributed by atoms with Crippen LogP contribution in [0, 0.1) is 0 Å². The molecule has 0 saturated carbocycles. The highest BCUT2D eigenvalue weighted by Crippen LogP contribution is 2.23. The summed E-state index contributed by atoms with van der Waals surface area (Å²) in [5, 5.41) is 11.3. The molecular formula is C23H31Cl2N3O3. The van der Waals surface area contributed by atoms with Crippen molar-refractivity contribution in [3.8, 4) is 0 Å². The van der Waals surface area contributed by atoms with Crippen LogP contribution in [0.5, 0.6) is 0 Å². The second kappa shape index (κ2) is 11.9. The number of rotatable bonds is 7. The van der Waals surface area contributed by atoms with E-state index in [1.807, 2.05) is 0 Å². The number of hydrogen-bond donors (Lipinski definition) is 1. The van der Waals surface area contributed by atoms with Crippen LogP contribution in [-0.4, -0.2) is 83.5 Å². The van der Waals surface area contributed by atoms with E-state index in [4.69, 9.17) is 23.2 Å². The average Bonchev–Trinajstić information content (AvgIpc) is 2.95. The Morgan fingerprint density at radius 3 is 2.58 bits per heavy atom. The molecule has 1 N–H and O–H groups in total. The molecule has 2 aliphatic heterocycles. The number of likely N-dealkylation sites (tertiary alicyclic amines) is 1. The first-order valence-electron chi connectivity index (χ1n) is 11.0. The van der Waals surface area contributed by atoms with Gasteiger partial charge in [0.25, 0.3) is 0 Å². The highest BCUT2D eigenvalue weighted by molar-refractivity contribution is 6.42. The van der Waals surface area contributed by atoms with Crippen molar-refractivity contribution < 1.29 is 14.7 Å². The first kappa shape index (κ1) is 24.1. The minimum Gasteiger partial charge on any atom is -0.392 e. The largest absolute Gasteiger partial charge is 0.392 e. The van der Waals surface area contributed by atoms with Gasteiger partial charge in [-0.1, -0.05) is 35.7 Å². The van der Waals surface area contributed by atoms with Crippen molar-refractivity contribution in [2.45, 2.75) is 38.2 Å². The monoisotopic (exact) mass is 467 g/mol. The molecule has 2 aliphatic rings. The van der Waals surface area contributed by atoms with Crippen molar-refractivity contribution in [2.24, 2.45) is 0 Å². The summed E-state index contributed by atoms with van der Waals surface area (Å²) in [7, 11) is 0. The number of carbonyl (C=O) groups excluding carboxylic acids is 2. The van der Waals surface area contributed by atoms with Crippen LogP contribution in [0.4, 0.5) is 0 Å². The number of aliphatic hydroxyl groups excluding tert-OH is 1. The second-order valence-corrected chi connectivity index (χ2v) is 9.08. The third-order valence-corrected chi connectivity index (χ3v) is 6.65. The molecule has 31 heavy (non-hydrogen) atoms. The highest BCUT2D eigenvalue weighted by Gasteiger charge is 2.24. The number of benzene rings is 1. The molecule has 2 fully saturated rings. The number of β-amino-alcohol motifs (C(OH)–C–C–N with tert-alkyl or cyclic N) is 1. The van der Waals surface area contributed by atoms with Gasteiger partial charge in [-0.05, 0) is 56.1 Å². The van der Waals surface area contributed by atoms with Crippen molar-refractivity contribution in [1.29, 1.82) is 0 Å². The van der Waals surface area contributed by atoms with Crippen LogP contribution in [0.1, 0.15) is 37.7 Å². The van der Waals surface area contributed by atoms with E-state index in [1.165, 1.54) is 25.3 Å². The number of halogens is 2. The quantitative estimate of drug-likeness (QED) is 0.624. The number of piperidine rings is 1. The highest BCUT2D eigenvalue weighted by atomic mass is 35.5. The topological polar surface area (TPSA) is 64.1 Å². The maximum atomic E-state index is 12.6. The van der Waals surface area contributed by atoms with Crippen LogP contribution in [0.25, 0.3) is 6.08 Å². The van der Waals surface area contributed by atoms with Gasteiger partial charge in [0.15, 0.2) is 0 Å². The fraction of sp³-hybridized carbons (Fsp3) is 0.565. The number of nitrogens with zero attached hydrogens (tertiary/aromatic N) is 3. The normalized spacial score (nSPS) is 19.6. The van der Waals surface area contributed by atoms with Crippen molar-refractivity contribution in [3.05, 3.63) is 39.9 Å². The Morgan fingerprint density at radius 1 is 1.06 bits per heavy atom. The molecule has 2 amide bonds. The van der Waals surface area contributed by atoms with Gasteiger partial charge in [0, 0.05) is 45.2 Å². The van der Waals surface area contributed by atoms with E-state index in [2.05, 4.69) is 4.90 Å². The van der Waals surface area contributed by atoms with E-state index in [0.717, 1.165) is 18.7 Å². The zero-order chi connectivity index (χ0) is 22.2. The lowest BCUT2D eigenvalue weighted by molar-refractivity contribution is -0.130. The summed E-state index contributed by atoms with van der Waals surface area (Å²) < 4.78 is 0. The number of hydrogen-bond acceptors (Lipinski definition) is 4. The maximum Gasteiger partial charge on any atom is 0.246 e. The predicted octanol–water partition coefficient (Wildman–Crippen LogP) is 3.30. The van der Waals surface area contributed by atoms with E-state index >= 15 is 0 Å². The third-order valence-electron chi connectivity index (χ3n) is 5.91. The number of aliphatic hydroxyl groups is 1. The molecule has 1 atom stereocenters. The van der Waals surface area contributed by atoms with E-state index in [1.54, 1.807) is 34.1 Å². The molecule has 0 aliphatic carbocycles. The van der Waals surface area contributed by atoms with Crippen LogP contribution in [0.3, 0.4) is 0 Å². The zero-order valence-electron chi connectivity index (χ0n) is 17.8. The minimum absolute atomic E-state index is 0.0361. The Labute approximate surface area is 194 Å². The number of amides is 2. The molecule has 1 aromatic rings. The van der Waals surface area contributed by atoms with Crippen molar-refractivity contribution in [1.82, 2.24) is 14.7 Å². The lowest BCUT2D eigenvalue weighted by Crippen LogP contribution is -2.40.